The number of aliphatic hydroxyl groups excluding tert-OH is 1. The van der Waals surface area contributed by atoms with Crippen LogP contribution in [0, 0.1) is 5.92 Å². The molecule has 0 fully saturated rings. The Morgan fingerprint density at radius 1 is 1.42 bits per heavy atom. The zero-order valence-corrected chi connectivity index (χ0v) is 11.1. The van der Waals surface area contributed by atoms with Crippen molar-refractivity contribution in [2.75, 3.05) is 11.9 Å². The number of hydrogen-bond donors (Lipinski definition) is 3. The third-order valence-corrected chi connectivity index (χ3v) is 3.32. The van der Waals surface area contributed by atoms with Crippen molar-refractivity contribution in [2.45, 2.75) is 25.8 Å². The third-order valence-electron chi connectivity index (χ3n) is 3.32. The van der Waals surface area contributed by atoms with Crippen LogP contribution in [-0.2, 0) is 6.42 Å². The zero-order chi connectivity index (χ0) is 13.7. The second kappa shape index (κ2) is 6.38. The normalized spacial score (nSPS) is 21.4. The minimum atomic E-state index is -0.207. The average molecular weight is 260 g/mol. The molecule has 1 aromatic carbocycles. The van der Waals surface area contributed by atoms with Gasteiger partial charge >= 0.3 is 6.03 Å². The molecule has 0 radical (unpaired) electrons. The first-order valence-electron chi connectivity index (χ1n) is 6.67. The number of benzene rings is 1. The van der Waals surface area contributed by atoms with Gasteiger partial charge in [0.2, 0.25) is 0 Å². The molecule has 4 heteroatoms. The number of aliphatic hydroxyl groups is 1. The molecule has 3 N–H and O–H groups in total. The number of rotatable bonds is 4. The Hall–Kier alpha value is -1.81. The van der Waals surface area contributed by atoms with Crippen LogP contribution in [0.15, 0.2) is 36.4 Å². The zero-order valence-electron chi connectivity index (χ0n) is 11.1. The molecule has 2 atom stereocenters. The van der Waals surface area contributed by atoms with Crippen molar-refractivity contribution in [3.63, 3.8) is 0 Å². The van der Waals surface area contributed by atoms with E-state index in [4.69, 9.17) is 5.11 Å². The Kier molecular flexibility index (Phi) is 4.58. The van der Waals surface area contributed by atoms with Crippen LogP contribution in [0.4, 0.5) is 10.5 Å². The van der Waals surface area contributed by atoms with Gasteiger partial charge < -0.3 is 15.7 Å². The van der Waals surface area contributed by atoms with E-state index in [9.17, 15) is 4.79 Å². The molecular formula is C15H20N2O2. The standard InChI is InChI=1S/C15H20N2O2/c1-2-11-4-3-5-13(8-11)16-15(19)17-14-7-6-12(9-14)10-18/h3-8,12,14,18H,2,9-10H2,1H3,(H2,16,17,19)/t12-,14+/m0/s1. The molecule has 1 aliphatic rings. The Bertz CT molecular complexity index is 471. The second-order valence-corrected chi connectivity index (χ2v) is 4.82. The van der Waals surface area contributed by atoms with Crippen molar-refractivity contribution < 1.29 is 9.90 Å². The number of aryl methyl sites for hydroxylation is 1. The minimum Gasteiger partial charge on any atom is -0.396 e. The maximum absolute atomic E-state index is 11.8. The van der Waals surface area contributed by atoms with E-state index in [0.29, 0.717) is 0 Å². The lowest BCUT2D eigenvalue weighted by Crippen LogP contribution is -2.36. The lowest BCUT2D eigenvalue weighted by Gasteiger charge is -2.14. The Labute approximate surface area is 113 Å². The lowest BCUT2D eigenvalue weighted by atomic mass is 10.1. The molecule has 0 unspecified atom stereocenters. The van der Waals surface area contributed by atoms with Crippen LogP contribution in [0.5, 0.6) is 0 Å². The van der Waals surface area contributed by atoms with Gasteiger partial charge in [0.1, 0.15) is 0 Å². The SMILES string of the molecule is CCc1cccc(NC(=O)N[C@@H]2C=C[C@H](CO)C2)c1. The van der Waals surface area contributed by atoms with Crippen LogP contribution in [-0.4, -0.2) is 23.8 Å². The summed E-state index contributed by atoms with van der Waals surface area (Å²) in [5, 5.41) is 14.7. The van der Waals surface area contributed by atoms with Crippen molar-refractivity contribution >= 4 is 11.7 Å². The monoisotopic (exact) mass is 260 g/mol. The van der Waals surface area contributed by atoms with Crippen molar-refractivity contribution in [3.8, 4) is 0 Å². The highest BCUT2D eigenvalue weighted by atomic mass is 16.3. The topological polar surface area (TPSA) is 61.4 Å². The van der Waals surface area contributed by atoms with Crippen LogP contribution in [0.25, 0.3) is 0 Å². The predicted molar refractivity (Wildman–Crippen MR) is 76.1 cm³/mol. The molecule has 0 saturated heterocycles. The summed E-state index contributed by atoms with van der Waals surface area (Å²) in [7, 11) is 0. The fourth-order valence-corrected chi connectivity index (χ4v) is 2.22. The molecule has 0 aliphatic heterocycles. The molecule has 0 aromatic heterocycles. The third kappa shape index (κ3) is 3.83. The maximum atomic E-state index is 11.8. The summed E-state index contributed by atoms with van der Waals surface area (Å²) in [6, 6.07) is 7.62. The van der Waals surface area contributed by atoms with E-state index in [1.807, 2.05) is 36.4 Å². The van der Waals surface area contributed by atoms with E-state index >= 15 is 0 Å². The molecule has 102 valence electrons. The van der Waals surface area contributed by atoms with Gasteiger partial charge in [0.15, 0.2) is 0 Å². The van der Waals surface area contributed by atoms with Gasteiger partial charge in [-0.05, 0) is 30.5 Å². The summed E-state index contributed by atoms with van der Waals surface area (Å²) in [6.07, 6.45) is 5.59. The first-order valence-corrected chi connectivity index (χ1v) is 6.67. The molecule has 0 spiro atoms. The van der Waals surface area contributed by atoms with Gasteiger partial charge in [-0.15, -0.1) is 0 Å². The van der Waals surface area contributed by atoms with Crippen LogP contribution >= 0.6 is 0 Å². The van der Waals surface area contributed by atoms with E-state index in [2.05, 4.69) is 17.6 Å². The predicted octanol–water partition coefficient (Wildman–Crippen LogP) is 2.31. The first kappa shape index (κ1) is 13.6. The van der Waals surface area contributed by atoms with Crippen molar-refractivity contribution in [2.24, 2.45) is 5.92 Å². The first-order chi connectivity index (χ1) is 9.21. The number of carbonyl (C=O) groups is 1. The van der Waals surface area contributed by atoms with Crippen molar-refractivity contribution in [3.05, 3.63) is 42.0 Å². The van der Waals surface area contributed by atoms with Gasteiger partial charge in [-0.1, -0.05) is 31.2 Å². The molecule has 19 heavy (non-hydrogen) atoms. The highest BCUT2D eigenvalue weighted by molar-refractivity contribution is 5.89. The molecule has 0 heterocycles. The summed E-state index contributed by atoms with van der Waals surface area (Å²) in [4.78, 5) is 11.8. The molecular weight excluding hydrogens is 240 g/mol. The molecule has 0 bridgehead atoms. The highest BCUT2D eigenvalue weighted by Gasteiger charge is 2.19. The van der Waals surface area contributed by atoms with E-state index in [1.165, 1.54) is 5.56 Å². The van der Waals surface area contributed by atoms with Gasteiger partial charge in [-0.3, -0.25) is 0 Å². The van der Waals surface area contributed by atoms with E-state index < -0.39 is 0 Å². The fraction of sp³-hybridized carbons (Fsp3) is 0.400. The smallest absolute Gasteiger partial charge is 0.319 e. The van der Waals surface area contributed by atoms with E-state index in [-0.39, 0.29) is 24.6 Å². The molecule has 2 amide bonds. The summed E-state index contributed by atoms with van der Waals surface area (Å²) >= 11 is 0. The number of anilines is 1. The minimum absolute atomic E-state index is 0.00603. The number of nitrogens with one attached hydrogen (secondary N) is 2. The number of carbonyl (C=O) groups excluding carboxylic acids is 1. The molecule has 1 aliphatic carbocycles. The lowest BCUT2D eigenvalue weighted by molar-refractivity contribution is 0.238. The largest absolute Gasteiger partial charge is 0.396 e. The van der Waals surface area contributed by atoms with E-state index in [0.717, 1.165) is 18.5 Å². The van der Waals surface area contributed by atoms with Gasteiger partial charge in [-0.25, -0.2) is 4.79 Å². The van der Waals surface area contributed by atoms with Crippen LogP contribution in [0.3, 0.4) is 0 Å². The fourth-order valence-electron chi connectivity index (χ4n) is 2.22. The summed E-state index contributed by atoms with van der Waals surface area (Å²) in [5.41, 5.74) is 2.00. The number of urea groups is 1. The van der Waals surface area contributed by atoms with Crippen LogP contribution in [0.1, 0.15) is 18.9 Å². The van der Waals surface area contributed by atoms with Crippen LogP contribution < -0.4 is 10.6 Å². The molecule has 0 saturated carbocycles. The Balaban J connectivity index is 1.86. The second-order valence-electron chi connectivity index (χ2n) is 4.82. The molecule has 4 nitrogen and oxygen atoms in total. The number of hydrogen-bond acceptors (Lipinski definition) is 2. The van der Waals surface area contributed by atoms with Crippen molar-refractivity contribution in [1.29, 1.82) is 0 Å². The Morgan fingerprint density at radius 2 is 2.26 bits per heavy atom. The quantitative estimate of drug-likeness (QED) is 0.727. The van der Waals surface area contributed by atoms with Gasteiger partial charge in [-0.2, -0.15) is 0 Å². The summed E-state index contributed by atoms with van der Waals surface area (Å²) in [5.74, 6) is 0.161. The van der Waals surface area contributed by atoms with Gasteiger partial charge in [0, 0.05) is 24.3 Å². The maximum Gasteiger partial charge on any atom is 0.319 e. The average Bonchev–Trinajstić information content (AvgIpc) is 2.86. The van der Waals surface area contributed by atoms with E-state index in [1.54, 1.807) is 0 Å². The molecule has 2 rings (SSSR count). The van der Waals surface area contributed by atoms with Gasteiger partial charge in [0.25, 0.3) is 0 Å². The van der Waals surface area contributed by atoms with Crippen molar-refractivity contribution in [1.82, 2.24) is 5.32 Å². The number of amides is 2. The highest BCUT2D eigenvalue weighted by Crippen LogP contribution is 2.17. The van der Waals surface area contributed by atoms with Crippen LogP contribution in [0.2, 0.25) is 0 Å². The Morgan fingerprint density at radius 3 is 2.95 bits per heavy atom. The molecule has 1 aromatic rings. The summed E-state index contributed by atoms with van der Waals surface area (Å²) < 4.78 is 0. The van der Waals surface area contributed by atoms with Gasteiger partial charge in [0.05, 0.1) is 0 Å². The summed E-state index contributed by atoms with van der Waals surface area (Å²) in [6.45, 7) is 2.21.